The Balaban J connectivity index is 2.07. The standard InChI is InChI=1S/C20H12O10/c21-5-1-9(25)17-15(7(23)3-11(27)19(17)29)13(5)14-6(22)2-10(26)18-16(14)8(24)4-12(28)20(18)30/h1-5,13,21-22,25-28H/t5-,13+/m0/s1. The predicted octanol–water partition coefficient (Wildman–Crippen LogP) is 0.709. The van der Waals surface area contributed by atoms with Crippen molar-refractivity contribution >= 4 is 23.1 Å². The number of allylic oxidation sites excluding steroid dienone is 5. The van der Waals surface area contributed by atoms with Gasteiger partial charge in [-0.3, -0.25) is 19.2 Å². The maximum Gasteiger partial charge on any atom is 0.231 e. The molecule has 30 heavy (non-hydrogen) atoms. The number of hydrogen-bond donors (Lipinski definition) is 6. The maximum atomic E-state index is 12.6. The Morgan fingerprint density at radius 3 is 1.97 bits per heavy atom. The van der Waals surface area contributed by atoms with Gasteiger partial charge < -0.3 is 30.6 Å². The molecule has 10 heteroatoms. The molecule has 0 radical (unpaired) electrons. The molecule has 0 unspecified atom stereocenters. The zero-order valence-corrected chi connectivity index (χ0v) is 14.8. The van der Waals surface area contributed by atoms with Crippen molar-refractivity contribution in [1.82, 2.24) is 0 Å². The highest BCUT2D eigenvalue weighted by molar-refractivity contribution is 6.27. The Labute approximate surface area is 166 Å². The second-order valence-corrected chi connectivity index (χ2v) is 6.83. The van der Waals surface area contributed by atoms with Gasteiger partial charge in [0.25, 0.3) is 0 Å². The lowest BCUT2D eigenvalue weighted by atomic mass is 9.71. The molecule has 1 aromatic rings. The first-order valence-corrected chi connectivity index (χ1v) is 8.46. The van der Waals surface area contributed by atoms with Crippen LogP contribution in [0.2, 0.25) is 0 Å². The van der Waals surface area contributed by atoms with Crippen LogP contribution in [0.25, 0.3) is 0 Å². The Morgan fingerprint density at radius 2 is 1.30 bits per heavy atom. The van der Waals surface area contributed by atoms with E-state index in [-0.39, 0.29) is 0 Å². The summed E-state index contributed by atoms with van der Waals surface area (Å²) < 4.78 is 0. The van der Waals surface area contributed by atoms with Crippen LogP contribution in [0, 0.1) is 0 Å². The number of carbonyl (C=O) groups is 4. The summed E-state index contributed by atoms with van der Waals surface area (Å²) in [5.74, 6) is -10.2. The van der Waals surface area contributed by atoms with E-state index in [1.54, 1.807) is 0 Å². The van der Waals surface area contributed by atoms with E-state index in [4.69, 9.17) is 0 Å². The zero-order valence-electron chi connectivity index (χ0n) is 14.8. The molecular formula is C20H12O10. The largest absolute Gasteiger partial charge is 0.507 e. The van der Waals surface area contributed by atoms with Crippen LogP contribution >= 0.6 is 0 Å². The second-order valence-electron chi connectivity index (χ2n) is 6.83. The highest BCUT2D eigenvalue weighted by Crippen LogP contribution is 2.47. The van der Waals surface area contributed by atoms with Crippen LogP contribution in [0.1, 0.15) is 32.2 Å². The number of hydrogen-bond acceptors (Lipinski definition) is 10. The van der Waals surface area contributed by atoms with Crippen molar-refractivity contribution in [2.75, 3.05) is 0 Å². The summed E-state index contributed by atoms with van der Waals surface area (Å²) in [6.07, 6.45) is 0.136. The first kappa shape index (κ1) is 19.2. The van der Waals surface area contributed by atoms with Crippen LogP contribution in [0.3, 0.4) is 0 Å². The number of aliphatic hydroxyl groups excluding tert-OH is 4. The quantitative estimate of drug-likeness (QED) is 0.358. The molecule has 10 nitrogen and oxygen atoms in total. The van der Waals surface area contributed by atoms with E-state index in [0.717, 1.165) is 6.08 Å². The minimum Gasteiger partial charge on any atom is -0.507 e. The van der Waals surface area contributed by atoms with Crippen molar-refractivity contribution in [3.8, 4) is 11.5 Å². The van der Waals surface area contributed by atoms with Crippen molar-refractivity contribution in [3.63, 3.8) is 0 Å². The highest BCUT2D eigenvalue weighted by Gasteiger charge is 2.45. The number of rotatable bonds is 1. The van der Waals surface area contributed by atoms with Crippen molar-refractivity contribution in [2.45, 2.75) is 12.0 Å². The molecule has 4 rings (SSSR count). The zero-order chi connectivity index (χ0) is 22.1. The normalized spacial score (nSPS) is 23.6. The van der Waals surface area contributed by atoms with Gasteiger partial charge in [-0.2, -0.15) is 0 Å². The minimum absolute atomic E-state index is 0.468. The number of fused-ring (bicyclic) bond motifs is 1. The van der Waals surface area contributed by atoms with E-state index in [0.29, 0.717) is 18.2 Å². The second kappa shape index (κ2) is 6.16. The van der Waals surface area contributed by atoms with Crippen molar-refractivity contribution < 1.29 is 49.8 Å². The van der Waals surface area contributed by atoms with E-state index in [2.05, 4.69) is 0 Å². The van der Waals surface area contributed by atoms with Gasteiger partial charge in [-0.05, 0) is 6.08 Å². The van der Waals surface area contributed by atoms with Gasteiger partial charge in [0.1, 0.15) is 17.3 Å². The Hall–Kier alpha value is -4.18. The molecule has 3 aliphatic rings. The molecule has 3 aliphatic carbocycles. The fourth-order valence-electron chi connectivity index (χ4n) is 3.89. The van der Waals surface area contributed by atoms with Crippen LogP contribution in [-0.2, 0) is 9.59 Å². The third kappa shape index (κ3) is 2.40. The van der Waals surface area contributed by atoms with E-state index in [1.807, 2.05) is 0 Å². The Morgan fingerprint density at radius 1 is 0.700 bits per heavy atom. The van der Waals surface area contributed by atoms with Crippen molar-refractivity contribution in [2.24, 2.45) is 0 Å². The molecule has 0 aliphatic heterocycles. The van der Waals surface area contributed by atoms with Gasteiger partial charge in [0.2, 0.25) is 11.6 Å². The number of Topliss-reactive ketones (excluding diaryl/α,β-unsaturated/α-hetero) is 2. The van der Waals surface area contributed by atoms with Crippen molar-refractivity contribution in [1.29, 1.82) is 0 Å². The average Bonchev–Trinajstić information content (AvgIpc) is 2.64. The SMILES string of the molecule is O=C1C=C(O)C(=O)C2=C1[C@@H](c1c(O)cc(O)c3c1C(=O)C=C(O)C3=O)[C@@H](O)C=C2O. The molecule has 0 saturated heterocycles. The number of benzene rings is 1. The fourth-order valence-corrected chi connectivity index (χ4v) is 3.89. The predicted molar refractivity (Wildman–Crippen MR) is 96.4 cm³/mol. The average molecular weight is 412 g/mol. The molecule has 0 amide bonds. The monoisotopic (exact) mass is 412 g/mol. The third-order valence-electron chi connectivity index (χ3n) is 5.11. The fraction of sp³-hybridized carbons (Fsp3) is 0.100. The number of aliphatic hydroxyl groups is 4. The lowest BCUT2D eigenvalue weighted by Crippen LogP contribution is -2.34. The van der Waals surface area contributed by atoms with Gasteiger partial charge in [0.05, 0.1) is 17.2 Å². The number of phenols is 2. The van der Waals surface area contributed by atoms with Crippen LogP contribution in [-0.4, -0.2) is 59.9 Å². The molecule has 1 aromatic carbocycles. The van der Waals surface area contributed by atoms with Gasteiger partial charge in [-0.25, -0.2) is 0 Å². The third-order valence-corrected chi connectivity index (χ3v) is 5.11. The number of aromatic hydroxyl groups is 2. The minimum atomic E-state index is -1.74. The van der Waals surface area contributed by atoms with E-state index in [1.165, 1.54) is 0 Å². The van der Waals surface area contributed by atoms with Gasteiger partial charge in [-0.15, -0.1) is 0 Å². The van der Waals surface area contributed by atoms with Gasteiger partial charge in [0.15, 0.2) is 23.1 Å². The lowest BCUT2D eigenvalue weighted by Gasteiger charge is -2.32. The number of carbonyl (C=O) groups excluding carboxylic acids is 4. The topological polar surface area (TPSA) is 190 Å². The van der Waals surface area contributed by atoms with Gasteiger partial charge >= 0.3 is 0 Å². The van der Waals surface area contributed by atoms with Crippen LogP contribution < -0.4 is 0 Å². The molecule has 0 heterocycles. The number of ketones is 4. The molecule has 0 fully saturated rings. The molecule has 0 saturated carbocycles. The molecule has 0 spiro atoms. The summed E-state index contributed by atoms with van der Waals surface area (Å²) in [4.78, 5) is 49.7. The maximum absolute atomic E-state index is 12.6. The molecule has 2 atom stereocenters. The lowest BCUT2D eigenvalue weighted by molar-refractivity contribution is -0.118. The van der Waals surface area contributed by atoms with Gasteiger partial charge in [0, 0.05) is 40.8 Å². The summed E-state index contributed by atoms with van der Waals surface area (Å²) in [6.45, 7) is 0. The summed E-state index contributed by atoms with van der Waals surface area (Å²) in [5.41, 5.74) is -2.87. The van der Waals surface area contributed by atoms with E-state index in [9.17, 15) is 49.8 Å². The Bertz CT molecular complexity index is 1220. The smallest absolute Gasteiger partial charge is 0.231 e. The molecule has 6 N–H and O–H groups in total. The highest BCUT2D eigenvalue weighted by atomic mass is 16.3. The van der Waals surface area contributed by atoms with Crippen molar-refractivity contribution in [3.05, 3.63) is 69.4 Å². The van der Waals surface area contributed by atoms with Crippen LogP contribution in [0.4, 0.5) is 0 Å². The first-order chi connectivity index (χ1) is 14.0. The van der Waals surface area contributed by atoms with Crippen LogP contribution in [0.15, 0.2) is 52.7 Å². The summed E-state index contributed by atoms with van der Waals surface area (Å²) in [7, 11) is 0. The Kier molecular flexibility index (Phi) is 3.93. The van der Waals surface area contributed by atoms with E-state index >= 15 is 0 Å². The number of phenolic OH excluding ortho intramolecular Hbond substituents is 2. The summed E-state index contributed by atoms with van der Waals surface area (Å²) >= 11 is 0. The molecule has 152 valence electrons. The molecule has 0 bridgehead atoms. The summed E-state index contributed by atoms with van der Waals surface area (Å²) in [5, 5.41) is 60.5. The molecule has 0 aromatic heterocycles. The molecular weight excluding hydrogens is 400 g/mol. The van der Waals surface area contributed by atoms with Gasteiger partial charge in [-0.1, -0.05) is 0 Å². The van der Waals surface area contributed by atoms with Crippen LogP contribution in [0.5, 0.6) is 11.5 Å². The van der Waals surface area contributed by atoms with E-state index < -0.39 is 91.8 Å². The summed E-state index contributed by atoms with van der Waals surface area (Å²) in [6, 6.07) is 0.686. The first-order valence-electron chi connectivity index (χ1n) is 8.46.